The molecule has 0 saturated carbocycles. The van der Waals surface area contributed by atoms with Gasteiger partial charge < -0.3 is 45.0 Å². The van der Waals surface area contributed by atoms with Gasteiger partial charge in [-0.1, -0.05) is 51.6 Å². The van der Waals surface area contributed by atoms with Crippen LogP contribution in [0.2, 0.25) is 0 Å². The van der Waals surface area contributed by atoms with Crippen LogP contribution in [0.1, 0.15) is 52.0 Å². The summed E-state index contributed by atoms with van der Waals surface area (Å²) in [6, 6.07) is 22.0. The minimum atomic E-state index is -1.30. The molecule has 53 heavy (non-hydrogen) atoms. The molecule has 6 rings (SSSR count). The van der Waals surface area contributed by atoms with Crippen molar-refractivity contribution in [1.82, 2.24) is 15.0 Å². The summed E-state index contributed by atoms with van der Waals surface area (Å²) in [4.78, 5) is 44.4. The molecule has 3 unspecified atom stereocenters. The second kappa shape index (κ2) is 21.4. The molecule has 20 heteroatoms. The van der Waals surface area contributed by atoms with Gasteiger partial charge in [-0.15, -0.1) is 70.7 Å². The predicted octanol–water partition coefficient (Wildman–Crippen LogP) is -0.139. The maximum atomic E-state index is 11.2. The molecule has 0 fully saturated rings. The van der Waals surface area contributed by atoms with E-state index in [1.807, 2.05) is 54.6 Å². The summed E-state index contributed by atoms with van der Waals surface area (Å²) < 4.78 is 2.71. The van der Waals surface area contributed by atoms with Gasteiger partial charge in [0.1, 0.15) is 15.0 Å². The summed E-state index contributed by atoms with van der Waals surface area (Å²) in [6.07, 6.45) is -1.24. The Bertz CT molecular complexity index is 1900. The largest absolute Gasteiger partial charge is 3.00 e. The fourth-order valence-electron chi connectivity index (χ4n) is 4.43. The number of rotatable bonds is 12. The number of fused-ring (bicyclic) bond motifs is 3. The van der Waals surface area contributed by atoms with Crippen molar-refractivity contribution < 1.29 is 45.0 Å². The van der Waals surface area contributed by atoms with Crippen molar-refractivity contribution in [2.45, 2.75) is 37.0 Å². The number of hydrogen-bond acceptors (Lipinski definition) is 18. The Hall–Kier alpha value is -3.53. The molecule has 0 N–H and O–H groups in total. The number of aromatic nitrogens is 3. The monoisotopic (exact) mass is 849 g/mol. The normalized spacial score (nSPS) is 12.0. The second-order valence-electron chi connectivity index (χ2n) is 10.4. The predicted molar refractivity (Wildman–Crippen MR) is 205 cm³/mol. The van der Waals surface area contributed by atoms with Crippen molar-refractivity contribution in [2.24, 2.45) is 0 Å². The molecule has 0 aliphatic rings. The first-order valence-electron chi connectivity index (χ1n) is 14.5. The van der Waals surface area contributed by atoms with E-state index in [1.165, 1.54) is 34.0 Å². The Labute approximate surface area is 351 Å². The van der Waals surface area contributed by atoms with Gasteiger partial charge in [0.25, 0.3) is 0 Å². The number of carboxylic acids is 3. The smallest absolute Gasteiger partial charge is 0.867 e. The number of carboxylic acid groups (broad SMARTS) is 3. The number of hydrogen-bond donors (Lipinski definition) is 0. The summed E-state index contributed by atoms with van der Waals surface area (Å²) in [6.45, 7) is 0. The average molecular weight is 850 g/mol. The molecule has 0 amide bonds. The van der Waals surface area contributed by atoms with Crippen molar-refractivity contribution >= 4 is 169 Å². The third kappa shape index (κ3) is 13.1. The molecule has 0 aliphatic heterocycles. The fraction of sp³-hybridized carbons (Fsp3) is 0.182. The second-order valence-corrected chi connectivity index (χ2v) is 14.8. The number of benzene rings is 3. The molecule has 0 spiro atoms. The Morgan fingerprint density at radius 1 is 0.472 bits per heavy atom. The maximum Gasteiger partial charge on any atom is 3.00 e. The van der Waals surface area contributed by atoms with Gasteiger partial charge in [-0.2, -0.15) is 0 Å². The van der Waals surface area contributed by atoms with Crippen molar-refractivity contribution in [3.8, 4) is 0 Å². The van der Waals surface area contributed by atoms with Crippen molar-refractivity contribution in [3.05, 3.63) is 87.8 Å². The van der Waals surface area contributed by atoms with Crippen LogP contribution in [0.15, 0.2) is 72.8 Å². The number of thiocarbonyl (C=S) groups is 3. The zero-order valence-electron chi connectivity index (χ0n) is 26.9. The quantitative estimate of drug-likeness (QED) is 0.115. The van der Waals surface area contributed by atoms with Crippen molar-refractivity contribution in [3.63, 3.8) is 0 Å². The summed E-state index contributed by atoms with van der Waals surface area (Å²) in [5, 5.41) is 64.9. The van der Waals surface area contributed by atoms with Crippen LogP contribution in [0.3, 0.4) is 0 Å². The Morgan fingerprint density at radius 3 is 0.887 bits per heavy atom. The molecule has 12 nitrogen and oxygen atoms in total. The molecule has 3 atom stereocenters. The van der Waals surface area contributed by atoms with Gasteiger partial charge in [-0.25, -0.2) is 15.0 Å². The van der Waals surface area contributed by atoms with E-state index in [1.54, 1.807) is 18.2 Å². The molecule has 3 heterocycles. The first kappa shape index (κ1) is 45.6. The number of para-hydroxylation sites is 3. The SMILES string of the molecule is O=C([O-])CC(C([O-])=S)c1nc2ccccc2s1.O=C([O-])CC(C([O-])=S)c1nc2ccccc2s1.O=C([O-])CC(C([O-])=S)c1nc2ccccc2s1.[Al+3].[Al+3]. The van der Waals surface area contributed by atoms with E-state index < -0.39 is 70.1 Å². The minimum Gasteiger partial charge on any atom is -0.867 e. The van der Waals surface area contributed by atoms with E-state index >= 15 is 0 Å². The van der Waals surface area contributed by atoms with E-state index in [0.29, 0.717) is 15.0 Å². The Kier molecular flexibility index (Phi) is 18.4. The summed E-state index contributed by atoms with van der Waals surface area (Å²) in [5.74, 6) is -6.54. The number of aliphatic carboxylic acids is 3. The van der Waals surface area contributed by atoms with Crippen molar-refractivity contribution in [1.29, 1.82) is 0 Å². The van der Waals surface area contributed by atoms with Crippen LogP contribution >= 0.6 is 70.7 Å². The number of carbonyl (C=O) groups excluding carboxylic acids is 3. The number of carbonyl (C=O) groups is 3. The average Bonchev–Trinajstić information content (AvgIpc) is 3.81. The molecule has 3 aromatic carbocycles. The fourth-order valence-corrected chi connectivity index (χ4v) is 8.44. The van der Waals surface area contributed by atoms with Crippen LogP contribution in [0.4, 0.5) is 0 Å². The molecule has 0 saturated heterocycles. The minimum absolute atomic E-state index is 0. The van der Waals surface area contributed by atoms with Crippen LogP contribution < -0.4 is 30.6 Å². The van der Waals surface area contributed by atoms with E-state index in [0.717, 1.165) is 30.6 Å². The van der Waals surface area contributed by atoms with Crippen LogP contribution in [-0.2, 0) is 14.4 Å². The molecule has 0 radical (unpaired) electrons. The molecule has 0 aliphatic carbocycles. The van der Waals surface area contributed by atoms with Gasteiger partial charge in [0.2, 0.25) is 0 Å². The number of nitrogens with zero attached hydrogens (tertiary/aromatic N) is 3. The third-order valence-corrected chi connectivity index (χ3v) is 11.1. The van der Waals surface area contributed by atoms with E-state index in [2.05, 4.69) is 51.6 Å². The Balaban J connectivity index is 0.000000270. The molecule has 6 aromatic rings. The topological polar surface area (TPSA) is 228 Å². The van der Waals surface area contributed by atoms with Crippen LogP contribution in [0.25, 0.3) is 30.6 Å². The van der Waals surface area contributed by atoms with E-state index in [4.69, 9.17) is 0 Å². The summed E-state index contributed by atoms with van der Waals surface area (Å²) in [5.41, 5.74) is 2.23. The number of thiazole rings is 3. The molecule has 0 bridgehead atoms. The molecular weight excluding hydrogens is 829 g/mol. The van der Waals surface area contributed by atoms with Crippen LogP contribution in [0.5, 0.6) is 0 Å². The zero-order valence-corrected chi connectivity index (χ0v) is 34.1. The maximum absolute atomic E-state index is 11.2. The van der Waals surface area contributed by atoms with E-state index in [-0.39, 0.29) is 34.7 Å². The van der Waals surface area contributed by atoms with Gasteiger partial charge in [-0.05, 0) is 55.7 Å². The van der Waals surface area contributed by atoms with Gasteiger partial charge >= 0.3 is 34.7 Å². The first-order chi connectivity index (χ1) is 24.2. The van der Waals surface area contributed by atoms with Gasteiger partial charge in [0.05, 0.1) is 30.6 Å². The summed E-state index contributed by atoms with van der Waals surface area (Å²) >= 11 is 17.5. The standard InChI is InChI=1S/3C11H9NO3S2.2Al/c3*13-9(14)5-6(11(15)16)10-12-7-3-1-2-4-8(7)17-10;;/h3*1-4,6H,5H2,(H,13,14)(H,15,16);;/q;;;2*+3/p-6. The molecule has 264 valence electrons. The molecule has 3 aromatic heterocycles. The third-order valence-electron chi connectivity index (χ3n) is 6.79. The first-order valence-corrected chi connectivity index (χ1v) is 18.2. The summed E-state index contributed by atoms with van der Waals surface area (Å²) in [7, 11) is 0. The Morgan fingerprint density at radius 2 is 0.698 bits per heavy atom. The van der Waals surface area contributed by atoms with Gasteiger partial charge in [-0.3, -0.25) is 0 Å². The van der Waals surface area contributed by atoms with Gasteiger partial charge in [0, 0.05) is 35.7 Å². The zero-order chi connectivity index (χ0) is 37.2. The van der Waals surface area contributed by atoms with Crippen LogP contribution in [0, 0.1) is 0 Å². The van der Waals surface area contributed by atoms with E-state index in [9.17, 15) is 45.0 Å². The van der Waals surface area contributed by atoms with Crippen LogP contribution in [-0.4, -0.2) is 82.7 Å². The van der Waals surface area contributed by atoms with Gasteiger partial charge in [0.15, 0.2) is 0 Å². The molecular formula is C33H21Al2N3O9S6. The van der Waals surface area contributed by atoms with Crippen molar-refractivity contribution in [2.75, 3.05) is 0 Å².